The second kappa shape index (κ2) is 8.10. The third-order valence-corrected chi connectivity index (χ3v) is 6.30. The number of hydrogen-bond acceptors (Lipinski definition) is 6. The van der Waals surface area contributed by atoms with Crippen molar-refractivity contribution < 1.29 is 9.21 Å². The lowest BCUT2D eigenvalue weighted by molar-refractivity contribution is 0.100. The van der Waals surface area contributed by atoms with Gasteiger partial charge in [0.1, 0.15) is 16.9 Å². The zero-order valence-electron chi connectivity index (χ0n) is 16.8. The number of rotatable bonds is 5. The van der Waals surface area contributed by atoms with Crippen molar-refractivity contribution in [2.45, 2.75) is 13.3 Å². The van der Waals surface area contributed by atoms with Crippen LogP contribution in [0.5, 0.6) is 0 Å². The molecule has 4 heterocycles. The molecule has 5 aromatic rings. The largest absolute Gasteiger partial charge is 0.463 e. The lowest BCUT2D eigenvalue weighted by atomic mass is 10.2. The molecule has 0 saturated carbocycles. The fourth-order valence-corrected chi connectivity index (χ4v) is 4.32. The summed E-state index contributed by atoms with van der Waals surface area (Å²) < 4.78 is 8.17. The summed E-state index contributed by atoms with van der Waals surface area (Å²) in [4.78, 5) is 31.7. The molecule has 1 aromatic carbocycles. The molecule has 5 rings (SSSR count). The van der Waals surface area contributed by atoms with E-state index in [-0.39, 0.29) is 11.3 Å². The number of halogens is 1. The van der Waals surface area contributed by atoms with E-state index >= 15 is 0 Å². The second-order valence-corrected chi connectivity index (χ2v) is 8.48. The average Bonchev–Trinajstić information content (AvgIpc) is 3.55. The fraction of sp³-hybridized carbons (Fsp3) is 0.0909. The van der Waals surface area contributed by atoms with Crippen molar-refractivity contribution in [3.63, 3.8) is 0 Å². The predicted octanol–water partition coefficient (Wildman–Crippen LogP) is 4.50. The van der Waals surface area contributed by atoms with Crippen molar-refractivity contribution in [1.29, 1.82) is 0 Å². The molecular formula is C22H16ClN5O3S. The maximum Gasteiger partial charge on any atom is 0.290 e. The highest BCUT2D eigenvalue weighted by atomic mass is 35.5. The summed E-state index contributed by atoms with van der Waals surface area (Å²) in [5, 5.41) is 5.49. The number of furan rings is 1. The van der Waals surface area contributed by atoms with Crippen molar-refractivity contribution in [1.82, 2.24) is 19.4 Å². The highest BCUT2D eigenvalue weighted by Crippen LogP contribution is 2.25. The standard InChI is InChI=1S/C22H16ClN5O3S/c1-2-15-10-16-21(32-15)24-12-27(22(16)30)26-20(29)17-11-18(19-4-3-9-31-19)28(25-17)14-7-5-13(23)6-8-14/h3-12H,2H2,1H3,(H,26,29). The number of fused-ring (bicyclic) bond motifs is 1. The molecule has 160 valence electrons. The van der Waals surface area contributed by atoms with Gasteiger partial charge in [0.25, 0.3) is 11.5 Å². The third-order valence-electron chi connectivity index (χ3n) is 4.86. The Bertz CT molecular complexity index is 1480. The number of aromatic nitrogens is 4. The van der Waals surface area contributed by atoms with Gasteiger partial charge in [0.05, 0.1) is 17.3 Å². The van der Waals surface area contributed by atoms with E-state index in [0.29, 0.717) is 32.4 Å². The summed E-state index contributed by atoms with van der Waals surface area (Å²) in [5.41, 5.74) is 3.61. The van der Waals surface area contributed by atoms with Crippen LogP contribution < -0.4 is 11.0 Å². The van der Waals surface area contributed by atoms with Crippen LogP contribution in [-0.2, 0) is 6.42 Å². The lowest BCUT2D eigenvalue weighted by Gasteiger charge is -2.06. The van der Waals surface area contributed by atoms with Crippen molar-refractivity contribution in [3.8, 4) is 17.1 Å². The van der Waals surface area contributed by atoms with E-state index in [2.05, 4.69) is 15.5 Å². The molecule has 0 radical (unpaired) electrons. The Labute approximate surface area is 190 Å². The van der Waals surface area contributed by atoms with E-state index in [1.54, 1.807) is 53.4 Å². The van der Waals surface area contributed by atoms with Crippen molar-refractivity contribution >= 4 is 39.1 Å². The Kier molecular flexibility index (Phi) is 5.12. The molecule has 0 spiro atoms. The summed E-state index contributed by atoms with van der Waals surface area (Å²) in [6.07, 6.45) is 3.66. The molecule has 0 fully saturated rings. The molecule has 0 atom stereocenters. The van der Waals surface area contributed by atoms with Crippen molar-refractivity contribution in [2.75, 3.05) is 5.43 Å². The minimum atomic E-state index is -0.556. The van der Waals surface area contributed by atoms with E-state index in [1.807, 2.05) is 13.0 Å². The van der Waals surface area contributed by atoms with Crippen LogP contribution in [0.3, 0.4) is 0 Å². The summed E-state index contributed by atoms with van der Waals surface area (Å²) in [5.74, 6) is -0.0168. The van der Waals surface area contributed by atoms with Gasteiger partial charge in [-0.25, -0.2) is 14.3 Å². The van der Waals surface area contributed by atoms with Crippen LogP contribution in [0.1, 0.15) is 22.3 Å². The van der Waals surface area contributed by atoms with Crippen molar-refractivity contribution in [2.24, 2.45) is 0 Å². The summed E-state index contributed by atoms with van der Waals surface area (Å²) >= 11 is 7.47. The van der Waals surface area contributed by atoms with Gasteiger partial charge >= 0.3 is 0 Å². The first kappa shape index (κ1) is 20.2. The zero-order valence-corrected chi connectivity index (χ0v) is 18.4. The van der Waals surface area contributed by atoms with E-state index in [1.165, 1.54) is 17.7 Å². The lowest BCUT2D eigenvalue weighted by Crippen LogP contribution is -2.33. The number of amides is 1. The van der Waals surface area contributed by atoms with Gasteiger partial charge in [-0.2, -0.15) is 5.10 Å². The molecule has 0 saturated heterocycles. The average molecular weight is 466 g/mol. The molecule has 10 heteroatoms. The minimum Gasteiger partial charge on any atom is -0.463 e. The van der Waals surface area contributed by atoms with Crippen LogP contribution in [0, 0.1) is 0 Å². The van der Waals surface area contributed by atoms with Crippen LogP contribution in [0.25, 0.3) is 27.4 Å². The molecule has 0 unspecified atom stereocenters. The predicted molar refractivity (Wildman–Crippen MR) is 123 cm³/mol. The van der Waals surface area contributed by atoms with E-state index < -0.39 is 5.91 Å². The van der Waals surface area contributed by atoms with Crippen LogP contribution in [0.4, 0.5) is 0 Å². The molecule has 1 amide bonds. The van der Waals surface area contributed by atoms with Crippen LogP contribution >= 0.6 is 22.9 Å². The summed E-state index contributed by atoms with van der Waals surface area (Å²) in [6, 6.07) is 14.0. The second-order valence-electron chi connectivity index (χ2n) is 6.93. The number of thiophene rings is 1. The van der Waals surface area contributed by atoms with Crippen LogP contribution in [-0.4, -0.2) is 25.3 Å². The van der Waals surface area contributed by atoms with Gasteiger partial charge in [0.15, 0.2) is 11.5 Å². The van der Waals surface area contributed by atoms with E-state index in [0.717, 1.165) is 16.0 Å². The molecular weight excluding hydrogens is 450 g/mol. The molecule has 0 bridgehead atoms. The maximum absolute atomic E-state index is 13.0. The van der Waals surface area contributed by atoms with Crippen LogP contribution in [0.15, 0.2) is 70.3 Å². The van der Waals surface area contributed by atoms with Crippen molar-refractivity contribution in [3.05, 3.63) is 87.1 Å². The number of nitrogens with one attached hydrogen (secondary N) is 1. The number of benzene rings is 1. The van der Waals surface area contributed by atoms with Gasteiger partial charge in [-0.15, -0.1) is 11.3 Å². The van der Waals surface area contributed by atoms with Gasteiger partial charge in [-0.05, 0) is 48.9 Å². The number of aryl methyl sites for hydroxylation is 1. The monoisotopic (exact) mass is 465 g/mol. The molecule has 0 aliphatic heterocycles. The fourth-order valence-electron chi connectivity index (χ4n) is 3.26. The van der Waals surface area contributed by atoms with E-state index in [4.69, 9.17) is 16.0 Å². The number of carbonyl (C=O) groups is 1. The molecule has 8 nitrogen and oxygen atoms in total. The first-order chi connectivity index (χ1) is 15.5. The first-order valence-electron chi connectivity index (χ1n) is 9.75. The quantitative estimate of drug-likeness (QED) is 0.412. The van der Waals surface area contributed by atoms with Gasteiger partial charge in [-0.1, -0.05) is 18.5 Å². The molecule has 4 aromatic heterocycles. The number of nitrogens with zero attached hydrogens (tertiary/aromatic N) is 4. The first-order valence-corrected chi connectivity index (χ1v) is 10.9. The van der Waals surface area contributed by atoms with E-state index in [9.17, 15) is 9.59 Å². The Morgan fingerprint density at radius 3 is 2.75 bits per heavy atom. The Balaban J connectivity index is 1.52. The minimum absolute atomic E-state index is 0.109. The van der Waals surface area contributed by atoms with Crippen LogP contribution in [0.2, 0.25) is 5.02 Å². The highest BCUT2D eigenvalue weighted by molar-refractivity contribution is 7.18. The molecule has 0 aliphatic carbocycles. The van der Waals surface area contributed by atoms with Gasteiger partial charge in [-0.3, -0.25) is 15.0 Å². The maximum atomic E-state index is 13.0. The summed E-state index contributed by atoms with van der Waals surface area (Å²) in [6.45, 7) is 2.01. The molecule has 32 heavy (non-hydrogen) atoms. The molecule has 1 N–H and O–H groups in total. The van der Waals surface area contributed by atoms with Gasteiger partial charge < -0.3 is 4.42 Å². The Morgan fingerprint density at radius 1 is 1.22 bits per heavy atom. The third kappa shape index (κ3) is 3.61. The van der Waals surface area contributed by atoms with Gasteiger partial charge in [0.2, 0.25) is 0 Å². The SMILES string of the molecule is CCc1cc2c(=O)n(NC(=O)c3cc(-c4ccco4)n(-c4ccc(Cl)cc4)n3)cnc2s1. The number of hydrogen-bond donors (Lipinski definition) is 1. The number of carbonyl (C=O) groups excluding carboxylic acids is 1. The highest BCUT2D eigenvalue weighted by Gasteiger charge is 2.19. The summed E-state index contributed by atoms with van der Waals surface area (Å²) in [7, 11) is 0. The topological polar surface area (TPSA) is 95.0 Å². The smallest absolute Gasteiger partial charge is 0.290 e. The molecule has 0 aliphatic rings. The zero-order chi connectivity index (χ0) is 22.2. The Hall–Kier alpha value is -3.69. The normalized spacial score (nSPS) is 11.2. The van der Waals surface area contributed by atoms with Gasteiger partial charge in [0, 0.05) is 16.0 Å². The Morgan fingerprint density at radius 2 is 2.03 bits per heavy atom.